The van der Waals surface area contributed by atoms with Gasteiger partial charge >= 0.3 is 0 Å². The van der Waals surface area contributed by atoms with Gasteiger partial charge in [0.15, 0.2) is 5.82 Å². The largest absolute Gasteiger partial charge is 0.492 e. The first-order valence-corrected chi connectivity index (χ1v) is 7.07. The molecule has 0 bridgehead atoms. The fraction of sp³-hybridized carbons (Fsp3) is 0.125. The molecule has 1 aromatic heterocycles. The van der Waals surface area contributed by atoms with Crippen LogP contribution in [0, 0.1) is 0 Å². The van der Waals surface area contributed by atoms with Crippen LogP contribution < -0.4 is 4.74 Å². The summed E-state index contributed by atoms with van der Waals surface area (Å²) in [6.07, 6.45) is 0. The zero-order valence-corrected chi connectivity index (χ0v) is 12.3. The van der Waals surface area contributed by atoms with Crippen LogP contribution in [0.15, 0.2) is 54.6 Å². The Morgan fingerprint density at radius 3 is 2.48 bits per heavy atom. The van der Waals surface area contributed by atoms with E-state index in [9.17, 15) is 0 Å². The van der Waals surface area contributed by atoms with E-state index in [0.29, 0.717) is 17.7 Å². The lowest BCUT2D eigenvalue weighted by atomic mass is 10.2. The van der Waals surface area contributed by atoms with Crippen LogP contribution in [0.4, 0.5) is 0 Å². The number of nitrogens with zero attached hydrogens (tertiary/aromatic N) is 3. The maximum Gasteiger partial charge on any atom is 0.230 e. The van der Waals surface area contributed by atoms with E-state index < -0.39 is 0 Å². The standard InChI is InChI=1S/C16H14ClN3O/c1-2-21-14-11-7-6-10-13(14)20-15(18-19-16(20)17)12-8-4-3-5-9-12/h3-11H,2H2,1H3. The summed E-state index contributed by atoms with van der Waals surface area (Å²) in [6.45, 7) is 2.53. The summed E-state index contributed by atoms with van der Waals surface area (Å²) in [5, 5.41) is 8.49. The van der Waals surface area contributed by atoms with Gasteiger partial charge in [-0.1, -0.05) is 42.5 Å². The molecular formula is C16H14ClN3O. The van der Waals surface area contributed by atoms with Crippen LogP contribution in [0.1, 0.15) is 6.92 Å². The zero-order valence-electron chi connectivity index (χ0n) is 11.5. The van der Waals surface area contributed by atoms with Crippen LogP contribution in [0.3, 0.4) is 0 Å². The van der Waals surface area contributed by atoms with Gasteiger partial charge in [0.25, 0.3) is 0 Å². The quantitative estimate of drug-likeness (QED) is 0.731. The lowest BCUT2D eigenvalue weighted by Crippen LogP contribution is -2.02. The molecule has 0 unspecified atom stereocenters. The summed E-state index contributed by atoms with van der Waals surface area (Å²) >= 11 is 6.24. The molecule has 0 spiro atoms. The number of rotatable bonds is 4. The third-order valence-corrected chi connectivity index (χ3v) is 3.31. The molecule has 2 aromatic carbocycles. The number of aromatic nitrogens is 3. The first kappa shape index (κ1) is 13.6. The van der Waals surface area contributed by atoms with Gasteiger partial charge in [-0.3, -0.25) is 4.57 Å². The number of halogens is 1. The van der Waals surface area contributed by atoms with Crippen molar-refractivity contribution in [2.24, 2.45) is 0 Å². The zero-order chi connectivity index (χ0) is 14.7. The summed E-state index contributed by atoms with van der Waals surface area (Å²) in [7, 11) is 0. The Balaban J connectivity index is 2.18. The number of hydrogen-bond acceptors (Lipinski definition) is 3. The molecule has 4 nitrogen and oxygen atoms in total. The maximum absolute atomic E-state index is 6.24. The average Bonchev–Trinajstić information content (AvgIpc) is 2.91. The van der Waals surface area contributed by atoms with Crippen molar-refractivity contribution < 1.29 is 4.74 Å². The van der Waals surface area contributed by atoms with Gasteiger partial charge < -0.3 is 4.74 Å². The normalized spacial score (nSPS) is 10.6. The Bertz CT molecular complexity index is 740. The first-order chi connectivity index (χ1) is 10.3. The Kier molecular flexibility index (Phi) is 3.88. The molecule has 0 aliphatic carbocycles. The van der Waals surface area contributed by atoms with Crippen LogP contribution in [0.25, 0.3) is 17.1 Å². The maximum atomic E-state index is 6.24. The number of benzene rings is 2. The highest BCUT2D eigenvalue weighted by Gasteiger charge is 2.16. The lowest BCUT2D eigenvalue weighted by molar-refractivity contribution is 0.339. The van der Waals surface area contributed by atoms with E-state index in [4.69, 9.17) is 16.3 Å². The predicted molar refractivity (Wildman–Crippen MR) is 83.0 cm³/mol. The molecule has 0 radical (unpaired) electrons. The van der Waals surface area contributed by atoms with E-state index in [1.165, 1.54) is 0 Å². The van der Waals surface area contributed by atoms with E-state index in [1.807, 2.05) is 61.5 Å². The highest BCUT2D eigenvalue weighted by atomic mass is 35.5. The van der Waals surface area contributed by atoms with E-state index in [0.717, 1.165) is 17.0 Å². The van der Waals surface area contributed by atoms with Gasteiger partial charge in [-0.15, -0.1) is 10.2 Å². The van der Waals surface area contributed by atoms with Gasteiger partial charge in [0.1, 0.15) is 5.75 Å². The summed E-state index contributed by atoms with van der Waals surface area (Å²) in [6, 6.07) is 17.5. The molecule has 0 saturated carbocycles. The van der Waals surface area contributed by atoms with E-state index in [2.05, 4.69) is 10.2 Å². The van der Waals surface area contributed by atoms with Crippen molar-refractivity contribution in [1.29, 1.82) is 0 Å². The summed E-state index contributed by atoms with van der Waals surface area (Å²) < 4.78 is 7.47. The highest BCUT2D eigenvalue weighted by Crippen LogP contribution is 2.30. The fourth-order valence-electron chi connectivity index (χ4n) is 2.17. The molecule has 106 valence electrons. The second-order valence-electron chi connectivity index (χ2n) is 4.39. The molecule has 0 amide bonds. The Morgan fingerprint density at radius 1 is 1.00 bits per heavy atom. The summed E-state index contributed by atoms with van der Waals surface area (Å²) in [4.78, 5) is 0. The topological polar surface area (TPSA) is 39.9 Å². The van der Waals surface area contributed by atoms with Crippen molar-refractivity contribution in [3.63, 3.8) is 0 Å². The number of ether oxygens (including phenoxy) is 1. The van der Waals surface area contributed by atoms with Crippen molar-refractivity contribution >= 4 is 11.6 Å². The second kappa shape index (κ2) is 5.97. The Morgan fingerprint density at radius 2 is 1.71 bits per heavy atom. The molecule has 0 aliphatic rings. The fourth-order valence-corrected chi connectivity index (χ4v) is 2.38. The van der Waals surface area contributed by atoms with Crippen LogP contribution in [-0.2, 0) is 0 Å². The van der Waals surface area contributed by atoms with Crippen LogP contribution in [0.5, 0.6) is 5.75 Å². The van der Waals surface area contributed by atoms with Crippen molar-refractivity contribution in [3.05, 3.63) is 59.9 Å². The number of para-hydroxylation sites is 2. The molecular weight excluding hydrogens is 286 g/mol. The molecule has 3 rings (SSSR count). The molecule has 1 heterocycles. The monoisotopic (exact) mass is 299 g/mol. The van der Waals surface area contributed by atoms with Crippen LogP contribution in [0.2, 0.25) is 5.28 Å². The second-order valence-corrected chi connectivity index (χ2v) is 4.73. The van der Waals surface area contributed by atoms with Crippen molar-refractivity contribution in [3.8, 4) is 22.8 Å². The molecule has 0 N–H and O–H groups in total. The summed E-state index contributed by atoms with van der Waals surface area (Å²) in [5.74, 6) is 1.44. The van der Waals surface area contributed by atoms with E-state index >= 15 is 0 Å². The van der Waals surface area contributed by atoms with E-state index in [-0.39, 0.29) is 0 Å². The molecule has 3 aromatic rings. The van der Waals surface area contributed by atoms with Gasteiger partial charge in [-0.2, -0.15) is 0 Å². The molecule has 0 atom stereocenters. The molecule has 21 heavy (non-hydrogen) atoms. The van der Waals surface area contributed by atoms with Crippen LogP contribution in [-0.4, -0.2) is 21.4 Å². The molecule has 5 heteroatoms. The Labute approximate surface area is 128 Å². The number of hydrogen-bond donors (Lipinski definition) is 0. The third kappa shape index (κ3) is 2.62. The predicted octanol–water partition coefficient (Wildman–Crippen LogP) is 3.99. The van der Waals surface area contributed by atoms with Gasteiger partial charge in [-0.05, 0) is 30.7 Å². The van der Waals surface area contributed by atoms with Gasteiger partial charge in [-0.25, -0.2) is 0 Å². The van der Waals surface area contributed by atoms with Crippen molar-refractivity contribution in [1.82, 2.24) is 14.8 Å². The van der Waals surface area contributed by atoms with Crippen molar-refractivity contribution in [2.75, 3.05) is 6.61 Å². The lowest BCUT2D eigenvalue weighted by Gasteiger charge is -2.13. The van der Waals surface area contributed by atoms with Gasteiger partial charge in [0.2, 0.25) is 5.28 Å². The summed E-state index contributed by atoms with van der Waals surface area (Å²) in [5.41, 5.74) is 1.77. The molecule has 0 aliphatic heterocycles. The smallest absolute Gasteiger partial charge is 0.230 e. The van der Waals surface area contributed by atoms with Crippen molar-refractivity contribution in [2.45, 2.75) is 6.92 Å². The van der Waals surface area contributed by atoms with Gasteiger partial charge in [0, 0.05) is 5.56 Å². The van der Waals surface area contributed by atoms with E-state index in [1.54, 1.807) is 4.57 Å². The molecule has 0 fully saturated rings. The average molecular weight is 300 g/mol. The SMILES string of the molecule is CCOc1ccccc1-n1c(Cl)nnc1-c1ccccc1. The minimum atomic E-state index is 0.306. The highest BCUT2D eigenvalue weighted by molar-refractivity contribution is 6.28. The Hall–Kier alpha value is -2.33. The van der Waals surface area contributed by atoms with Gasteiger partial charge in [0.05, 0.1) is 12.3 Å². The minimum Gasteiger partial charge on any atom is -0.492 e. The first-order valence-electron chi connectivity index (χ1n) is 6.69. The third-order valence-electron chi connectivity index (χ3n) is 3.06. The minimum absolute atomic E-state index is 0.306. The van der Waals surface area contributed by atoms with Crippen LogP contribution >= 0.6 is 11.6 Å². The molecule has 0 saturated heterocycles.